The Morgan fingerprint density at radius 3 is 2.69 bits per heavy atom. The van der Waals surface area contributed by atoms with Gasteiger partial charge in [0.25, 0.3) is 5.91 Å². The maximum Gasteiger partial charge on any atom is 0.337 e. The van der Waals surface area contributed by atoms with Gasteiger partial charge in [-0.1, -0.05) is 30.3 Å². The molecule has 0 spiro atoms. The molecule has 1 saturated heterocycles. The fraction of sp³-hybridized carbons (Fsp3) is 0.350. The van der Waals surface area contributed by atoms with Crippen molar-refractivity contribution in [3.05, 3.63) is 58.4 Å². The molecule has 0 aromatic heterocycles. The molecule has 4 rings (SSSR count). The summed E-state index contributed by atoms with van der Waals surface area (Å²) in [5, 5.41) is 2.82. The molecule has 6 heteroatoms. The number of ether oxygens (including phenoxy) is 1. The van der Waals surface area contributed by atoms with Gasteiger partial charge in [-0.25, -0.2) is 4.79 Å². The standard InChI is InChI=1S/C20H20N2O4/c1-26-20(25)17-15(12-6-3-2-4-7-12)16-13(8-5-9-14(16)23)22-11-10-21-19(24)18(17)22/h2-4,6-7,15H,5,8-11H2,1H3,(H,21,24). The first-order valence-electron chi connectivity index (χ1n) is 8.83. The van der Waals surface area contributed by atoms with Crippen LogP contribution >= 0.6 is 0 Å². The predicted octanol–water partition coefficient (Wildman–Crippen LogP) is 1.65. The number of Topliss-reactive ketones (excluding diaryl/α,β-unsaturated/α-hetero) is 1. The van der Waals surface area contributed by atoms with E-state index < -0.39 is 11.9 Å². The van der Waals surface area contributed by atoms with E-state index in [9.17, 15) is 14.4 Å². The van der Waals surface area contributed by atoms with Gasteiger partial charge in [0, 0.05) is 36.7 Å². The number of nitrogens with one attached hydrogen (secondary N) is 1. The number of carbonyl (C=O) groups excluding carboxylic acids is 3. The molecule has 1 N–H and O–H groups in total. The number of carbonyl (C=O) groups is 3. The van der Waals surface area contributed by atoms with Gasteiger partial charge in [0.15, 0.2) is 5.78 Å². The van der Waals surface area contributed by atoms with Crippen LogP contribution in [0.1, 0.15) is 30.7 Å². The van der Waals surface area contributed by atoms with Crippen molar-refractivity contribution in [3.8, 4) is 0 Å². The van der Waals surface area contributed by atoms with Crippen LogP contribution in [-0.4, -0.2) is 42.8 Å². The summed E-state index contributed by atoms with van der Waals surface area (Å²) in [6, 6.07) is 9.40. The van der Waals surface area contributed by atoms with Gasteiger partial charge in [-0.05, 0) is 18.4 Å². The maximum atomic E-state index is 12.9. The fourth-order valence-electron chi connectivity index (χ4n) is 4.18. The molecule has 1 atom stereocenters. The Balaban J connectivity index is 2.01. The van der Waals surface area contributed by atoms with Crippen LogP contribution in [0.15, 0.2) is 52.9 Å². The number of rotatable bonds is 2. The summed E-state index contributed by atoms with van der Waals surface area (Å²) >= 11 is 0. The van der Waals surface area contributed by atoms with Gasteiger partial charge < -0.3 is 15.0 Å². The highest BCUT2D eigenvalue weighted by atomic mass is 16.5. The number of amides is 1. The molecule has 134 valence electrons. The van der Waals surface area contributed by atoms with Crippen LogP contribution in [0.3, 0.4) is 0 Å². The molecule has 2 heterocycles. The molecule has 26 heavy (non-hydrogen) atoms. The Bertz CT molecular complexity index is 854. The lowest BCUT2D eigenvalue weighted by Crippen LogP contribution is -2.50. The van der Waals surface area contributed by atoms with E-state index in [-0.39, 0.29) is 17.3 Å². The minimum Gasteiger partial charge on any atom is -0.466 e. The molecular weight excluding hydrogens is 332 g/mol. The number of methoxy groups -OCH3 is 1. The highest BCUT2D eigenvalue weighted by Gasteiger charge is 2.45. The van der Waals surface area contributed by atoms with Crippen molar-refractivity contribution in [2.75, 3.05) is 20.2 Å². The first-order valence-corrected chi connectivity index (χ1v) is 8.83. The molecule has 1 unspecified atom stereocenters. The first kappa shape index (κ1) is 16.6. The second-order valence-electron chi connectivity index (χ2n) is 6.64. The minimum absolute atomic E-state index is 0.0477. The summed E-state index contributed by atoms with van der Waals surface area (Å²) < 4.78 is 5.02. The Kier molecular flexibility index (Phi) is 4.11. The number of piperazine rings is 1. The number of allylic oxidation sites excluding steroid dienone is 2. The largest absolute Gasteiger partial charge is 0.466 e. The zero-order valence-corrected chi connectivity index (χ0v) is 14.6. The van der Waals surface area contributed by atoms with E-state index in [1.807, 2.05) is 35.2 Å². The molecule has 3 aliphatic rings. The Labute approximate surface area is 151 Å². The average Bonchev–Trinajstić information content (AvgIpc) is 2.67. The molecule has 1 fully saturated rings. The number of esters is 1. The zero-order chi connectivity index (χ0) is 18.3. The highest BCUT2D eigenvalue weighted by molar-refractivity contribution is 6.09. The average molecular weight is 352 g/mol. The molecule has 2 aliphatic heterocycles. The maximum absolute atomic E-state index is 12.9. The number of nitrogens with zero attached hydrogens (tertiary/aromatic N) is 1. The van der Waals surface area contributed by atoms with Crippen LogP contribution in [-0.2, 0) is 19.1 Å². The summed E-state index contributed by atoms with van der Waals surface area (Å²) in [5.41, 5.74) is 2.92. The second-order valence-corrected chi connectivity index (χ2v) is 6.64. The van der Waals surface area contributed by atoms with Crippen molar-refractivity contribution < 1.29 is 19.1 Å². The number of benzene rings is 1. The summed E-state index contributed by atoms with van der Waals surface area (Å²) in [7, 11) is 1.30. The number of hydrogen-bond acceptors (Lipinski definition) is 5. The smallest absolute Gasteiger partial charge is 0.337 e. The summed E-state index contributed by atoms with van der Waals surface area (Å²) in [4.78, 5) is 40.1. The van der Waals surface area contributed by atoms with Gasteiger partial charge in [-0.2, -0.15) is 0 Å². The van der Waals surface area contributed by atoms with Crippen LogP contribution in [0.5, 0.6) is 0 Å². The lowest BCUT2D eigenvalue weighted by molar-refractivity contribution is -0.137. The summed E-state index contributed by atoms with van der Waals surface area (Å²) in [6.07, 6.45) is 1.96. The van der Waals surface area contributed by atoms with E-state index in [1.165, 1.54) is 7.11 Å². The normalized spacial score (nSPS) is 22.7. The van der Waals surface area contributed by atoms with Crippen LogP contribution in [0.25, 0.3) is 0 Å². The van der Waals surface area contributed by atoms with Crippen LogP contribution in [0.2, 0.25) is 0 Å². The SMILES string of the molecule is COC(=O)C1=C2C(=O)NCCN2C2=C(C(=O)CCC2)C1c1ccccc1. The Hall–Kier alpha value is -2.89. The van der Waals surface area contributed by atoms with Crippen molar-refractivity contribution in [2.24, 2.45) is 0 Å². The predicted molar refractivity (Wildman–Crippen MR) is 93.8 cm³/mol. The van der Waals surface area contributed by atoms with Gasteiger partial charge in [0.05, 0.1) is 12.7 Å². The number of ketones is 1. The lowest BCUT2D eigenvalue weighted by atomic mass is 9.74. The molecular formula is C20H20N2O4. The quantitative estimate of drug-likeness (QED) is 0.819. The summed E-state index contributed by atoms with van der Waals surface area (Å²) in [6.45, 7) is 1.03. The van der Waals surface area contributed by atoms with E-state index in [1.54, 1.807) is 0 Å². The van der Waals surface area contributed by atoms with Gasteiger partial charge in [-0.15, -0.1) is 0 Å². The van der Waals surface area contributed by atoms with E-state index in [0.717, 1.165) is 24.1 Å². The second kappa shape index (κ2) is 6.44. The molecule has 1 aromatic carbocycles. The third kappa shape index (κ3) is 2.44. The zero-order valence-electron chi connectivity index (χ0n) is 14.6. The van der Waals surface area contributed by atoms with Crippen molar-refractivity contribution in [1.29, 1.82) is 0 Å². The molecule has 0 bridgehead atoms. The monoisotopic (exact) mass is 352 g/mol. The Morgan fingerprint density at radius 1 is 1.19 bits per heavy atom. The van der Waals surface area contributed by atoms with Crippen LogP contribution in [0, 0.1) is 0 Å². The molecule has 6 nitrogen and oxygen atoms in total. The van der Waals surface area contributed by atoms with Gasteiger partial charge in [0.1, 0.15) is 5.70 Å². The molecule has 0 saturated carbocycles. The topological polar surface area (TPSA) is 75.7 Å². The van der Waals surface area contributed by atoms with Crippen LogP contribution < -0.4 is 5.32 Å². The van der Waals surface area contributed by atoms with E-state index in [4.69, 9.17) is 4.74 Å². The van der Waals surface area contributed by atoms with Crippen LogP contribution in [0.4, 0.5) is 0 Å². The number of hydrogen-bond donors (Lipinski definition) is 1. The van der Waals surface area contributed by atoms with Crippen molar-refractivity contribution in [3.63, 3.8) is 0 Å². The van der Waals surface area contributed by atoms with Crippen molar-refractivity contribution in [1.82, 2.24) is 10.2 Å². The third-order valence-corrected chi connectivity index (χ3v) is 5.23. The molecule has 1 aliphatic carbocycles. The lowest BCUT2D eigenvalue weighted by Gasteiger charge is -2.43. The summed E-state index contributed by atoms with van der Waals surface area (Å²) in [5.74, 6) is -1.38. The minimum atomic E-state index is -0.569. The van der Waals surface area contributed by atoms with E-state index in [2.05, 4.69) is 5.32 Å². The van der Waals surface area contributed by atoms with Gasteiger partial charge in [0.2, 0.25) is 0 Å². The van der Waals surface area contributed by atoms with Gasteiger partial charge >= 0.3 is 5.97 Å². The highest BCUT2D eigenvalue weighted by Crippen LogP contribution is 2.46. The van der Waals surface area contributed by atoms with Crippen molar-refractivity contribution in [2.45, 2.75) is 25.2 Å². The molecule has 1 amide bonds. The van der Waals surface area contributed by atoms with E-state index in [0.29, 0.717) is 30.8 Å². The molecule has 1 aromatic rings. The van der Waals surface area contributed by atoms with Gasteiger partial charge in [-0.3, -0.25) is 9.59 Å². The van der Waals surface area contributed by atoms with E-state index >= 15 is 0 Å². The molecule has 0 radical (unpaired) electrons. The van der Waals surface area contributed by atoms with Crippen molar-refractivity contribution >= 4 is 17.7 Å². The third-order valence-electron chi connectivity index (χ3n) is 5.23. The fourth-order valence-corrected chi connectivity index (χ4v) is 4.18. The first-order chi connectivity index (χ1) is 12.6. The number of fused-ring (bicyclic) bond motifs is 2. The Morgan fingerprint density at radius 2 is 1.96 bits per heavy atom.